The number of allylic oxidation sites excluding steroid dienone is 1. The second kappa shape index (κ2) is 9.56. The third kappa shape index (κ3) is 4.35. The van der Waals surface area contributed by atoms with E-state index in [1.54, 1.807) is 14.2 Å². The maximum absolute atomic E-state index is 12.3. The van der Waals surface area contributed by atoms with Crippen LogP contribution in [0.15, 0.2) is 11.6 Å². The monoisotopic (exact) mass is 366 g/mol. The van der Waals surface area contributed by atoms with Crippen LogP contribution in [0, 0.1) is 6.92 Å². The van der Waals surface area contributed by atoms with Gasteiger partial charge in [0.1, 0.15) is 23.7 Å². The Morgan fingerprint density at radius 3 is 2.69 bits per heavy atom. The first-order valence-electron chi connectivity index (χ1n) is 8.40. The van der Waals surface area contributed by atoms with E-state index in [9.17, 15) is 9.90 Å². The average molecular weight is 366 g/mol. The largest absolute Gasteiger partial charge is 0.496 e. The fourth-order valence-electron chi connectivity index (χ4n) is 2.81. The van der Waals surface area contributed by atoms with Gasteiger partial charge in [-0.05, 0) is 25.8 Å². The third-order valence-corrected chi connectivity index (χ3v) is 4.25. The summed E-state index contributed by atoms with van der Waals surface area (Å²) in [7, 11) is 3.17. The molecule has 1 N–H and O–H groups in total. The molecule has 0 fully saturated rings. The highest BCUT2D eigenvalue weighted by Gasteiger charge is 2.33. The second-order valence-electron chi connectivity index (χ2n) is 5.97. The fraction of sp³-hybridized carbons (Fsp3) is 0.526. The van der Waals surface area contributed by atoms with Crippen molar-refractivity contribution >= 4 is 5.97 Å². The van der Waals surface area contributed by atoms with E-state index in [4.69, 9.17) is 23.7 Å². The maximum atomic E-state index is 12.3. The van der Waals surface area contributed by atoms with E-state index >= 15 is 0 Å². The van der Waals surface area contributed by atoms with Crippen LogP contribution in [0.1, 0.15) is 34.0 Å². The summed E-state index contributed by atoms with van der Waals surface area (Å²) in [6.45, 7) is 4.69. The number of carbonyl (C=O) groups excluding carboxylic acids is 1. The van der Waals surface area contributed by atoms with E-state index in [2.05, 4.69) is 0 Å². The summed E-state index contributed by atoms with van der Waals surface area (Å²) in [4.78, 5) is 12.3. The standard InChI is InChI=1S/C19H26O7/c1-12(9-20)5-6-14-17(23-4)13(2)15-10-25-19(21)16(15)18(14)26-11-24-8-7-22-3/h5,20H,6-11H2,1-4H3. The summed E-state index contributed by atoms with van der Waals surface area (Å²) in [6.07, 6.45) is 2.33. The summed E-state index contributed by atoms with van der Waals surface area (Å²) in [5.41, 5.74) is 3.58. The minimum absolute atomic E-state index is 0.0228. The van der Waals surface area contributed by atoms with Crippen LogP contribution in [-0.4, -0.2) is 51.9 Å². The molecule has 7 nitrogen and oxygen atoms in total. The summed E-state index contributed by atoms with van der Waals surface area (Å²) >= 11 is 0. The molecule has 0 saturated heterocycles. The lowest BCUT2D eigenvalue weighted by atomic mass is 9.95. The molecular weight excluding hydrogens is 340 g/mol. The number of fused-ring (bicyclic) bond motifs is 1. The number of hydrogen-bond donors (Lipinski definition) is 1. The summed E-state index contributed by atoms with van der Waals surface area (Å²) < 4.78 is 26.9. The summed E-state index contributed by atoms with van der Waals surface area (Å²) in [6, 6.07) is 0. The van der Waals surface area contributed by atoms with Crippen molar-refractivity contribution in [3.8, 4) is 11.5 Å². The molecule has 1 aliphatic heterocycles. The van der Waals surface area contributed by atoms with Gasteiger partial charge in [0.05, 0.1) is 26.9 Å². The normalized spacial score (nSPS) is 13.6. The molecule has 1 aliphatic rings. The van der Waals surface area contributed by atoms with Crippen molar-refractivity contribution in [1.82, 2.24) is 0 Å². The molecule has 0 amide bonds. The van der Waals surface area contributed by atoms with Crippen molar-refractivity contribution in [3.05, 3.63) is 33.9 Å². The molecule has 0 atom stereocenters. The Morgan fingerprint density at radius 1 is 1.27 bits per heavy atom. The predicted octanol–water partition coefficient (Wildman–Crippen LogP) is 2.15. The molecule has 2 rings (SSSR count). The molecule has 0 bridgehead atoms. The third-order valence-electron chi connectivity index (χ3n) is 4.25. The Kier molecular flexibility index (Phi) is 7.44. The number of hydrogen-bond acceptors (Lipinski definition) is 7. The Bertz CT molecular complexity index is 679. The molecule has 0 aliphatic carbocycles. The molecular formula is C19H26O7. The van der Waals surface area contributed by atoms with Crippen molar-refractivity contribution in [3.63, 3.8) is 0 Å². The highest BCUT2D eigenvalue weighted by atomic mass is 16.7. The number of aliphatic hydroxyl groups excluding tert-OH is 1. The van der Waals surface area contributed by atoms with Crippen LogP contribution in [-0.2, 0) is 27.2 Å². The Labute approximate surface area is 153 Å². The summed E-state index contributed by atoms with van der Waals surface area (Å²) in [5.74, 6) is 0.641. The van der Waals surface area contributed by atoms with Crippen molar-refractivity contribution in [2.45, 2.75) is 26.9 Å². The van der Waals surface area contributed by atoms with Gasteiger partial charge < -0.3 is 28.8 Å². The van der Waals surface area contributed by atoms with Gasteiger partial charge in [-0.15, -0.1) is 0 Å². The van der Waals surface area contributed by atoms with Gasteiger partial charge in [0.2, 0.25) is 0 Å². The van der Waals surface area contributed by atoms with E-state index in [0.717, 1.165) is 22.3 Å². The molecule has 0 radical (unpaired) electrons. The average Bonchev–Trinajstić information content (AvgIpc) is 3.03. The fourth-order valence-corrected chi connectivity index (χ4v) is 2.81. The molecule has 1 aromatic carbocycles. The summed E-state index contributed by atoms with van der Waals surface area (Å²) in [5, 5.41) is 9.25. The van der Waals surface area contributed by atoms with Crippen LogP contribution in [0.3, 0.4) is 0 Å². The van der Waals surface area contributed by atoms with Gasteiger partial charge in [-0.1, -0.05) is 11.6 Å². The van der Waals surface area contributed by atoms with Crippen molar-refractivity contribution < 1.29 is 33.6 Å². The molecule has 0 spiro atoms. The minimum atomic E-state index is -0.415. The Balaban J connectivity index is 2.42. The number of cyclic esters (lactones) is 1. The first-order valence-corrected chi connectivity index (χ1v) is 8.40. The van der Waals surface area contributed by atoms with Crippen molar-refractivity contribution in [2.24, 2.45) is 0 Å². The van der Waals surface area contributed by atoms with Crippen LogP contribution < -0.4 is 9.47 Å². The number of carbonyl (C=O) groups is 1. The molecule has 0 aromatic heterocycles. The van der Waals surface area contributed by atoms with Crippen molar-refractivity contribution in [1.29, 1.82) is 0 Å². The van der Waals surface area contributed by atoms with Gasteiger partial charge in [0, 0.05) is 18.2 Å². The molecule has 0 saturated carbocycles. The van der Waals surface area contributed by atoms with E-state index < -0.39 is 5.97 Å². The van der Waals surface area contributed by atoms with Gasteiger partial charge in [0.15, 0.2) is 6.79 Å². The number of methoxy groups -OCH3 is 2. The van der Waals surface area contributed by atoms with E-state index in [0.29, 0.717) is 36.7 Å². The lowest BCUT2D eigenvalue weighted by Gasteiger charge is -2.19. The zero-order chi connectivity index (χ0) is 19.1. The van der Waals surface area contributed by atoms with Gasteiger partial charge >= 0.3 is 5.97 Å². The van der Waals surface area contributed by atoms with Gasteiger partial charge in [-0.2, -0.15) is 0 Å². The molecule has 1 heterocycles. The number of aliphatic hydroxyl groups is 1. The van der Waals surface area contributed by atoms with Gasteiger partial charge in [-0.3, -0.25) is 0 Å². The second-order valence-corrected chi connectivity index (χ2v) is 5.97. The van der Waals surface area contributed by atoms with E-state index in [1.807, 2.05) is 19.9 Å². The minimum Gasteiger partial charge on any atom is -0.496 e. The zero-order valence-electron chi connectivity index (χ0n) is 15.7. The molecule has 144 valence electrons. The van der Waals surface area contributed by atoms with Crippen LogP contribution in [0.4, 0.5) is 0 Å². The quantitative estimate of drug-likeness (QED) is 0.294. The van der Waals surface area contributed by atoms with Crippen LogP contribution >= 0.6 is 0 Å². The van der Waals surface area contributed by atoms with E-state index in [1.165, 1.54) is 0 Å². The topological polar surface area (TPSA) is 83.5 Å². The SMILES string of the molecule is COCCOCOc1c(CC=C(C)CO)c(OC)c(C)c2c1C(=O)OC2. The Morgan fingerprint density at radius 2 is 2.04 bits per heavy atom. The van der Waals surface area contributed by atoms with Gasteiger partial charge in [-0.25, -0.2) is 4.79 Å². The van der Waals surface area contributed by atoms with Crippen LogP contribution in [0.25, 0.3) is 0 Å². The zero-order valence-corrected chi connectivity index (χ0v) is 15.7. The van der Waals surface area contributed by atoms with Crippen LogP contribution in [0.2, 0.25) is 0 Å². The molecule has 0 unspecified atom stereocenters. The maximum Gasteiger partial charge on any atom is 0.342 e. The molecule has 26 heavy (non-hydrogen) atoms. The van der Waals surface area contributed by atoms with Crippen molar-refractivity contribution in [2.75, 3.05) is 40.8 Å². The number of benzene rings is 1. The number of esters is 1. The molecule has 1 aromatic rings. The first-order chi connectivity index (χ1) is 12.5. The Hall–Kier alpha value is -2.09. The van der Waals surface area contributed by atoms with Crippen LogP contribution in [0.5, 0.6) is 11.5 Å². The molecule has 7 heteroatoms. The smallest absolute Gasteiger partial charge is 0.342 e. The predicted molar refractivity (Wildman–Crippen MR) is 94.7 cm³/mol. The number of rotatable bonds is 10. The first kappa shape index (κ1) is 20.2. The van der Waals surface area contributed by atoms with Gasteiger partial charge in [0.25, 0.3) is 0 Å². The highest BCUT2D eigenvalue weighted by molar-refractivity contribution is 5.98. The highest BCUT2D eigenvalue weighted by Crippen LogP contribution is 2.42. The number of ether oxygens (including phenoxy) is 5. The lowest BCUT2D eigenvalue weighted by Crippen LogP contribution is -2.13. The lowest BCUT2D eigenvalue weighted by molar-refractivity contribution is -0.00934. The van der Waals surface area contributed by atoms with E-state index in [-0.39, 0.29) is 20.0 Å².